The van der Waals surface area contributed by atoms with Crippen molar-refractivity contribution in [3.63, 3.8) is 0 Å². The van der Waals surface area contributed by atoms with Crippen LogP contribution in [0.4, 0.5) is 5.69 Å². The predicted octanol–water partition coefficient (Wildman–Crippen LogP) is 2.30. The molecule has 1 aromatic carbocycles. The van der Waals surface area contributed by atoms with E-state index in [2.05, 4.69) is 5.32 Å². The summed E-state index contributed by atoms with van der Waals surface area (Å²) < 4.78 is 25.5. The molecule has 1 aliphatic carbocycles. The molecule has 0 radical (unpaired) electrons. The average Bonchev–Trinajstić information content (AvgIpc) is 2.99. The lowest BCUT2D eigenvalue weighted by molar-refractivity contribution is -0.150. The van der Waals surface area contributed by atoms with Crippen LogP contribution in [0.2, 0.25) is 0 Å². The average molecular weight is 394 g/mol. The highest BCUT2D eigenvalue weighted by molar-refractivity contribution is 7.93. The van der Waals surface area contributed by atoms with Gasteiger partial charge in [-0.15, -0.1) is 0 Å². The lowest BCUT2D eigenvalue weighted by Crippen LogP contribution is -2.44. The van der Waals surface area contributed by atoms with Crippen LogP contribution in [0.1, 0.15) is 54.4 Å². The smallest absolute Gasteiger partial charge is 0.311 e. The van der Waals surface area contributed by atoms with E-state index < -0.39 is 21.4 Å². The predicted molar refractivity (Wildman–Crippen MR) is 102 cm³/mol. The molecule has 1 heterocycles. The Hall–Kier alpha value is -2.09. The number of aliphatic carboxylic acids is 1. The molecule has 1 amide bonds. The number of carbonyl (C=O) groups is 2. The first-order valence-corrected chi connectivity index (χ1v) is 11.0. The molecule has 0 atom stereocenters. The maximum atomic E-state index is 12.6. The van der Waals surface area contributed by atoms with E-state index in [4.69, 9.17) is 0 Å². The lowest BCUT2D eigenvalue weighted by Gasteiger charge is -2.33. The van der Waals surface area contributed by atoms with E-state index in [1.807, 2.05) is 0 Å². The number of benzene rings is 1. The maximum absolute atomic E-state index is 12.6. The Morgan fingerprint density at radius 2 is 1.89 bits per heavy atom. The number of rotatable bonds is 5. The van der Waals surface area contributed by atoms with E-state index >= 15 is 0 Å². The van der Waals surface area contributed by atoms with Crippen molar-refractivity contribution >= 4 is 27.6 Å². The van der Waals surface area contributed by atoms with Crippen LogP contribution in [-0.4, -0.2) is 44.2 Å². The Kier molecular flexibility index (Phi) is 5.46. The Balaban J connectivity index is 1.72. The van der Waals surface area contributed by atoms with Gasteiger partial charge in [-0.3, -0.25) is 13.9 Å². The molecule has 0 spiro atoms. The first-order valence-electron chi connectivity index (χ1n) is 9.38. The number of carboxylic acid groups (broad SMARTS) is 1. The Bertz CT molecular complexity index is 844. The molecule has 3 rings (SSSR count). The minimum absolute atomic E-state index is 0.114. The van der Waals surface area contributed by atoms with Crippen LogP contribution in [0.25, 0.3) is 0 Å². The van der Waals surface area contributed by atoms with Gasteiger partial charge in [0.2, 0.25) is 10.0 Å². The van der Waals surface area contributed by atoms with Crippen LogP contribution in [0, 0.1) is 12.3 Å². The van der Waals surface area contributed by atoms with E-state index in [0.29, 0.717) is 42.6 Å². The largest absolute Gasteiger partial charge is 0.481 e. The van der Waals surface area contributed by atoms with Crippen molar-refractivity contribution in [1.82, 2.24) is 5.32 Å². The topological polar surface area (TPSA) is 104 Å². The zero-order valence-corrected chi connectivity index (χ0v) is 16.3. The SMILES string of the molecule is Cc1cc(N2CCCS2(=O)=O)ccc1C(=O)NCC1(C(=O)O)CCCCC1. The molecular weight excluding hydrogens is 368 g/mol. The van der Waals surface area contributed by atoms with E-state index in [-0.39, 0.29) is 18.2 Å². The number of hydrogen-bond acceptors (Lipinski definition) is 4. The van der Waals surface area contributed by atoms with Crippen LogP contribution >= 0.6 is 0 Å². The van der Waals surface area contributed by atoms with Gasteiger partial charge in [0.15, 0.2) is 0 Å². The van der Waals surface area contributed by atoms with Crippen LogP contribution in [0.3, 0.4) is 0 Å². The highest BCUT2D eigenvalue weighted by Crippen LogP contribution is 2.36. The van der Waals surface area contributed by atoms with Crippen LogP contribution in [0.5, 0.6) is 0 Å². The van der Waals surface area contributed by atoms with Crippen LogP contribution < -0.4 is 9.62 Å². The van der Waals surface area contributed by atoms with Crippen molar-refractivity contribution in [2.24, 2.45) is 5.41 Å². The normalized spacial score (nSPS) is 21.0. The Labute approximate surface area is 159 Å². The van der Waals surface area contributed by atoms with Gasteiger partial charge >= 0.3 is 5.97 Å². The molecule has 7 nitrogen and oxygen atoms in total. The minimum Gasteiger partial charge on any atom is -0.481 e. The molecule has 2 aliphatic rings. The summed E-state index contributed by atoms with van der Waals surface area (Å²) in [5.41, 5.74) is 0.786. The highest BCUT2D eigenvalue weighted by atomic mass is 32.2. The molecule has 2 N–H and O–H groups in total. The molecule has 148 valence electrons. The second-order valence-corrected chi connectivity index (χ2v) is 9.58. The van der Waals surface area contributed by atoms with Crippen molar-refractivity contribution in [3.8, 4) is 0 Å². The summed E-state index contributed by atoms with van der Waals surface area (Å²) in [6.07, 6.45) is 4.50. The number of sulfonamides is 1. The van der Waals surface area contributed by atoms with Crippen LogP contribution in [-0.2, 0) is 14.8 Å². The van der Waals surface area contributed by atoms with Gasteiger partial charge in [-0.2, -0.15) is 0 Å². The van der Waals surface area contributed by atoms with Gasteiger partial charge < -0.3 is 10.4 Å². The second-order valence-electron chi connectivity index (χ2n) is 7.57. The third-order valence-corrected chi connectivity index (χ3v) is 7.56. The monoisotopic (exact) mass is 394 g/mol. The summed E-state index contributed by atoms with van der Waals surface area (Å²) in [4.78, 5) is 24.3. The van der Waals surface area contributed by atoms with E-state index in [0.717, 1.165) is 19.3 Å². The summed E-state index contributed by atoms with van der Waals surface area (Å²) in [5, 5.41) is 12.4. The van der Waals surface area contributed by atoms with Gasteiger partial charge in [0.1, 0.15) is 0 Å². The fourth-order valence-electron chi connectivity index (χ4n) is 4.03. The number of nitrogens with zero attached hydrogens (tertiary/aromatic N) is 1. The molecule has 0 aromatic heterocycles. The molecule has 0 unspecified atom stereocenters. The Morgan fingerprint density at radius 1 is 1.19 bits per heavy atom. The molecule has 1 saturated carbocycles. The third-order valence-electron chi connectivity index (χ3n) is 5.69. The zero-order chi connectivity index (χ0) is 19.7. The van der Waals surface area contributed by atoms with Crippen molar-refractivity contribution in [2.45, 2.75) is 45.4 Å². The number of amides is 1. The number of hydrogen-bond donors (Lipinski definition) is 2. The van der Waals surface area contributed by atoms with Gasteiger partial charge in [0, 0.05) is 18.7 Å². The summed E-state index contributed by atoms with van der Waals surface area (Å²) in [7, 11) is -3.26. The summed E-state index contributed by atoms with van der Waals surface area (Å²) in [5.74, 6) is -1.03. The Morgan fingerprint density at radius 3 is 2.44 bits per heavy atom. The van der Waals surface area contributed by atoms with Gasteiger partial charge in [-0.05, 0) is 49.9 Å². The lowest BCUT2D eigenvalue weighted by atomic mass is 9.74. The summed E-state index contributed by atoms with van der Waals surface area (Å²) in [6, 6.07) is 4.95. The number of carboxylic acids is 1. The van der Waals surface area contributed by atoms with Crippen molar-refractivity contribution < 1.29 is 23.1 Å². The number of aryl methyl sites for hydroxylation is 1. The van der Waals surface area contributed by atoms with Gasteiger partial charge in [0.05, 0.1) is 16.9 Å². The standard InChI is InChI=1S/C19H26N2O5S/c1-14-12-15(21-10-5-11-27(21,25)26)6-7-16(14)17(22)20-13-19(18(23)24)8-3-2-4-9-19/h6-7,12H,2-5,8-11,13H2,1H3,(H,20,22)(H,23,24). The highest BCUT2D eigenvalue weighted by Gasteiger charge is 2.40. The van der Waals surface area contributed by atoms with Crippen molar-refractivity contribution in [2.75, 3.05) is 23.1 Å². The zero-order valence-electron chi connectivity index (χ0n) is 15.5. The molecule has 1 aromatic rings. The van der Waals surface area contributed by atoms with E-state index in [1.54, 1.807) is 25.1 Å². The van der Waals surface area contributed by atoms with Crippen LogP contribution in [0.15, 0.2) is 18.2 Å². The minimum atomic E-state index is -3.26. The number of nitrogens with one attached hydrogen (secondary N) is 1. The molecule has 2 fully saturated rings. The fraction of sp³-hybridized carbons (Fsp3) is 0.579. The molecule has 27 heavy (non-hydrogen) atoms. The molecular formula is C19H26N2O5S. The fourth-order valence-corrected chi connectivity index (χ4v) is 5.58. The number of anilines is 1. The quantitative estimate of drug-likeness (QED) is 0.797. The van der Waals surface area contributed by atoms with Gasteiger partial charge in [-0.1, -0.05) is 19.3 Å². The molecule has 8 heteroatoms. The van der Waals surface area contributed by atoms with Crippen molar-refractivity contribution in [3.05, 3.63) is 29.3 Å². The maximum Gasteiger partial charge on any atom is 0.311 e. The first-order chi connectivity index (χ1) is 12.8. The van der Waals surface area contributed by atoms with E-state index in [9.17, 15) is 23.1 Å². The first kappa shape index (κ1) is 19.7. The van der Waals surface area contributed by atoms with E-state index in [1.165, 1.54) is 4.31 Å². The number of carbonyl (C=O) groups excluding carboxylic acids is 1. The summed E-state index contributed by atoms with van der Waals surface area (Å²) >= 11 is 0. The van der Waals surface area contributed by atoms with Gasteiger partial charge in [0.25, 0.3) is 5.91 Å². The van der Waals surface area contributed by atoms with Crippen molar-refractivity contribution in [1.29, 1.82) is 0 Å². The third kappa shape index (κ3) is 3.95. The molecule has 0 bridgehead atoms. The second kappa shape index (κ2) is 7.50. The summed E-state index contributed by atoms with van der Waals surface area (Å²) in [6.45, 7) is 2.33. The molecule has 1 saturated heterocycles. The van der Waals surface area contributed by atoms with Gasteiger partial charge in [-0.25, -0.2) is 8.42 Å². The molecule has 1 aliphatic heterocycles.